The molecule has 5 rings (SSSR count). The van der Waals surface area contributed by atoms with Gasteiger partial charge in [0.1, 0.15) is 18.2 Å². The Hall–Kier alpha value is -3.28. The summed E-state index contributed by atoms with van der Waals surface area (Å²) in [6.45, 7) is 6.38. The lowest BCUT2D eigenvalue weighted by Gasteiger charge is -2.40. The number of nitrogens with two attached hydrogens (primary N) is 1. The summed E-state index contributed by atoms with van der Waals surface area (Å²) in [6, 6.07) is 20.1. The number of rotatable bonds is 5. The van der Waals surface area contributed by atoms with E-state index in [-0.39, 0.29) is 5.78 Å². The molecule has 0 bridgehead atoms. The largest absolute Gasteiger partial charge is 0.489 e. The monoisotopic (exact) mass is 649 g/mol. The Bertz CT molecular complexity index is 1580. The minimum atomic E-state index is -0.520. The molecule has 2 N–H and O–H groups in total. The Morgan fingerprint density at radius 3 is 2.54 bits per heavy atom. The molecule has 1 heterocycles. The van der Waals surface area contributed by atoms with Crippen molar-refractivity contribution >= 4 is 45.7 Å². The van der Waals surface area contributed by atoms with Crippen LogP contribution in [0.15, 0.2) is 77.3 Å². The Labute approximate surface area is 248 Å². The molecule has 3 aromatic rings. The van der Waals surface area contributed by atoms with Gasteiger partial charge in [0.2, 0.25) is 0 Å². The van der Waals surface area contributed by atoms with Crippen molar-refractivity contribution in [1.29, 1.82) is 5.26 Å². The number of aryl methyl sites for hydroxylation is 2. The first-order valence-corrected chi connectivity index (χ1v) is 14.4. The first-order valence-electron chi connectivity index (χ1n) is 12.9. The van der Waals surface area contributed by atoms with Crippen molar-refractivity contribution in [2.45, 2.75) is 52.6 Å². The fourth-order valence-corrected chi connectivity index (χ4v) is 6.21. The van der Waals surface area contributed by atoms with Crippen LogP contribution in [0.4, 0.5) is 5.69 Å². The van der Waals surface area contributed by atoms with Crippen molar-refractivity contribution < 1.29 is 9.53 Å². The van der Waals surface area contributed by atoms with E-state index in [1.165, 1.54) is 0 Å². The van der Waals surface area contributed by atoms with Crippen molar-refractivity contribution in [2.24, 2.45) is 5.73 Å². The van der Waals surface area contributed by atoms with Crippen molar-refractivity contribution in [1.82, 2.24) is 0 Å². The Balaban J connectivity index is 1.62. The minimum absolute atomic E-state index is 0.0764. The number of carbonyl (C=O) groups is 1. The number of anilines is 1. The highest BCUT2D eigenvalue weighted by atomic mass is 127. The van der Waals surface area contributed by atoms with Gasteiger partial charge in [-0.15, -0.1) is 0 Å². The van der Waals surface area contributed by atoms with Crippen LogP contribution in [0.3, 0.4) is 0 Å². The Kier molecular flexibility index (Phi) is 7.75. The lowest BCUT2D eigenvalue weighted by molar-refractivity contribution is -0.116. The van der Waals surface area contributed by atoms with E-state index in [1.54, 1.807) is 0 Å². The zero-order valence-electron chi connectivity index (χ0n) is 22.1. The molecule has 7 heteroatoms. The maximum atomic E-state index is 13.6. The van der Waals surface area contributed by atoms with Crippen LogP contribution in [0.5, 0.6) is 5.75 Å². The van der Waals surface area contributed by atoms with Crippen LogP contribution >= 0.6 is 34.2 Å². The van der Waals surface area contributed by atoms with E-state index in [4.69, 9.17) is 22.1 Å². The van der Waals surface area contributed by atoms with Gasteiger partial charge < -0.3 is 10.5 Å². The lowest BCUT2D eigenvalue weighted by Crippen LogP contribution is -2.39. The highest BCUT2D eigenvalue weighted by molar-refractivity contribution is 14.1. The SMILES string of the molecule is Cc1cc(COc2ccc(Cl)cc2C)c(C)c(C2C(C#N)=C(N)N(c3ccc(I)cc3)C3=C2C(=O)CCC3)c1. The number of benzene rings is 3. The van der Waals surface area contributed by atoms with Crippen LogP contribution in [0.25, 0.3) is 0 Å². The van der Waals surface area contributed by atoms with Gasteiger partial charge in [0, 0.05) is 32.0 Å². The van der Waals surface area contributed by atoms with Gasteiger partial charge in [-0.1, -0.05) is 29.3 Å². The third kappa shape index (κ3) is 5.18. The van der Waals surface area contributed by atoms with Gasteiger partial charge in [-0.25, -0.2) is 0 Å². The average Bonchev–Trinajstić information content (AvgIpc) is 2.90. The highest BCUT2D eigenvalue weighted by Gasteiger charge is 2.41. The van der Waals surface area contributed by atoms with Gasteiger partial charge in [0.15, 0.2) is 5.78 Å². The summed E-state index contributed by atoms with van der Waals surface area (Å²) >= 11 is 8.38. The van der Waals surface area contributed by atoms with E-state index in [0.717, 1.165) is 61.4 Å². The van der Waals surface area contributed by atoms with Gasteiger partial charge >= 0.3 is 0 Å². The number of hydrogen-bond donors (Lipinski definition) is 1. The molecule has 198 valence electrons. The van der Waals surface area contributed by atoms with Crippen molar-refractivity contribution in [3.8, 4) is 11.8 Å². The van der Waals surface area contributed by atoms with Gasteiger partial charge in [0.05, 0.1) is 17.6 Å². The van der Waals surface area contributed by atoms with Crippen LogP contribution in [0.1, 0.15) is 53.0 Å². The van der Waals surface area contributed by atoms with Crippen LogP contribution in [0.2, 0.25) is 5.02 Å². The van der Waals surface area contributed by atoms with E-state index in [2.05, 4.69) is 40.8 Å². The summed E-state index contributed by atoms with van der Waals surface area (Å²) in [5.74, 6) is 0.705. The molecule has 0 fully saturated rings. The van der Waals surface area contributed by atoms with E-state index in [9.17, 15) is 10.1 Å². The molecule has 1 unspecified atom stereocenters. The van der Waals surface area contributed by atoms with Crippen LogP contribution in [-0.2, 0) is 11.4 Å². The summed E-state index contributed by atoms with van der Waals surface area (Å²) < 4.78 is 7.29. The van der Waals surface area contributed by atoms with E-state index in [0.29, 0.717) is 35.0 Å². The second-order valence-corrected chi connectivity index (χ2v) is 11.8. The van der Waals surface area contributed by atoms with Gasteiger partial charge in [0.25, 0.3) is 0 Å². The Morgan fingerprint density at radius 2 is 1.85 bits per heavy atom. The van der Waals surface area contributed by atoms with Crippen molar-refractivity contribution in [3.05, 3.63) is 114 Å². The van der Waals surface area contributed by atoms with Crippen molar-refractivity contribution in [2.75, 3.05) is 4.90 Å². The van der Waals surface area contributed by atoms with Gasteiger partial charge in [-0.2, -0.15) is 5.26 Å². The first-order chi connectivity index (χ1) is 18.7. The molecular formula is C32H29ClIN3O2. The number of nitrogens with zero attached hydrogens (tertiary/aromatic N) is 2. The normalized spacial score (nSPS) is 17.3. The smallest absolute Gasteiger partial charge is 0.161 e. The Morgan fingerprint density at radius 1 is 1.10 bits per heavy atom. The number of allylic oxidation sites excluding steroid dienone is 3. The summed E-state index contributed by atoms with van der Waals surface area (Å²) in [4.78, 5) is 15.5. The predicted molar refractivity (Wildman–Crippen MR) is 164 cm³/mol. The minimum Gasteiger partial charge on any atom is -0.489 e. The molecule has 3 aromatic carbocycles. The standard InChI is InChI=1S/C32H29ClIN3O2/c1-18-13-21(17-39-29-12-7-22(33)15-19(29)2)20(3)25(14-18)30-26(16-35)32(36)37(24-10-8-23(34)9-11-24)27-5-4-6-28(38)31(27)30/h7-15,30H,4-6,17,36H2,1-3H3. The molecule has 0 radical (unpaired) electrons. The molecule has 39 heavy (non-hydrogen) atoms. The second-order valence-electron chi connectivity index (χ2n) is 10.1. The summed E-state index contributed by atoms with van der Waals surface area (Å²) in [5.41, 5.74) is 14.5. The first kappa shape index (κ1) is 27.3. The molecular weight excluding hydrogens is 621 g/mol. The number of carbonyl (C=O) groups excluding carboxylic acids is 1. The summed E-state index contributed by atoms with van der Waals surface area (Å²) in [7, 11) is 0. The third-order valence-electron chi connectivity index (χ3n) is 7.53. The molecule has 1 aliphatic carbocycles. The fourth-order valence-electron chi connectivity index (χ4n) is 5.63. The number of ketones is 1. The topological polar surface area (TPSA) is 79.3 Å². The summed E-state index contributed by atoms with van der Waals surface area (Å²) in [6.07, 6.45) is 1.94. The molecule has 1 aliphatic heterocycles. The summed E-state index contributed by atoms with van der Waals surface area (Å²) in [5, 5.41) is 11.1. The van der Waals surface area contributed by atoms with E-state index >= 15 is 0 Å². The average molecular weight is 650 g/mol. The number of ether oxygens (including phenoxy) is 1. The fraction of sp³-hybridized carbons (Fsp3) is 0.250. The second kappa shape index (κ2) is 11.1. The van der Waals surface area contributed by atoms with Gasteiger partial charge in [-0.3, -0.25) is 9.69 Å². The quantitative estimate of drug-likeness (QED) is 0.286. The van der Waals surface area contributed by atoms with Crippen molar-refractivity contribution in [3.63, 3.8) is 0 Å². The van der Waals surface area contributed by atoms with Crippen LogP contribution < -0.4 is 15.4 Å². The van der Waals surface area contributed by atoms with Gasteiger partial charge in [-0.05, 0) is 121 Å². The number of nitriles is 1. The molecule has 5 nitrogen and oxygen atoms in total. The molecule has 0 aromatic heterocycles. The highest BCUT2D eigenvalue weighted by Crippen LogP contribution is 2.47. The molecule has 0 spiro atoms. The lowest BCUT2D eigenvalue weighted by atomic mass is 9.73. The molecule has 0 amide bonds. The molecule has 0 saturated heterocycles. The third-order valence-corrected chi connectivity index (χ3v) is 8.48. The maximum Gasteiger partial charge on any atom is 0.161 e. The molecule has 1 atom stereocenters. The zero-order chi connectivity index (χ0) is 27.8. The van der Waals surface area contributed by atoms with Crippen LogP contribution in [0, 0.1) is 35.7 Å². The molecule has 0 saturated carbocycles. The van der Waals surface area contributed by atoms with Crippen LogP contribution in [-0.4, -0.2) is 5.78 Å². The van der Waals surface area contributed by atoms with E-state index < -0.39 is 5.92 Å². The zero-order valence-corrected chi connectivity index (χ0v) is 25.1. The predicted octanol–water partition coefficient (Wildman–Crippen LogP) is 7.75. The number of Topliss-reactive ketones (excluding diaryl/α,β-unsaturated/α-hetero) is 1. The number of halogens is 2. The number of hydrogen-bond acceptors (Lipinski definition) is 5. The maximum absolute atomic E-state index is 13.6. The molecule has 2 aliphatic rings. The van der Waals surface area contributed by atoms with E-state index in [1.807, 2.05) is 68.1 Å².